The highest BCUT2D eigenvalue weighted by molar-refractivity contribution is 14.1. The van der Waals surface area contributed by atoms with E-state index in [1.165, 1.54) is 0 Å². The van der Waals surface area contributed by atoms with Crippen LogP contribution < -0.4 is 4.74 Å². The summed E-state index contributed by atoms with van der Waals surface area (Å²) in [5, 5.41) is 0.575. The number of hydrogen-bond acceptors (Lipinski definition) is 3. The van der Waals surface area contributed by atoms with Crippen molar-refractivity contribution < 1.29 is 14.3 Å². The molecule has 0 amide bonds. The SMILES string of the molecule is O=C(OCC#CI)Oc1ccc(Cl)cc1. The quantitative estimate of drug-likeness (QED) is 0.360. The van der Waals surface area contributed by atoms with Crippen molar-refractivity contribution in [3.63, 3.8) is 0 Å². The van der Waals surface area contributed by atoms with Gasteiger partial charge < -0.3 is 9.47 Å². The van der Waals surface area contributed by atoms with Gasteiger partial charge in [0, 0.05) is 27.6 Å². The van der Waals surface area contributed by atoms with Crippen molar-refractivity contribution in [2.24, 2.45) is 0 Å². The van der Waals surface area contributed by atoms with Crippen molar-refractivity contribution in [2.75, 3.05) is 6.61 Å². The van der Waals surface area contributed by atoms with E-state index in [1.54, 1.807) is 24.3 Å². The maximum Gasteiger partial charge on any atom is 0.514 e. The number of hydrogen-bond donors (Lipinski definition) is 0. The molecule has 0 heterocycles. The first kappa shape index (κ1) is 12.1. The molecule has 0 aliphatic carbocycles. The number of carbonyl (C=O) groups is 1. The lowest BCUT2D eigenvalue weighted by Gasteiger charge is -2.02. The molecule has 0 spiro atoms. The van der Waals surface area contributed by atoms with Gasteiger partial charge in [-0.3, -0.25) is 0 Å². The molecule has 0 aliphatic heterocycles. The van der Waals surface area contributed by atoms with E-state index in [4.69, 9.17) is 16.3 Å². The Morgan fingerprint density at radius 2 is 2.07 bits per heavy atom. The normalized spacial score (nSPS) is 8.67. The number of rotatable bonds is 2. The van der Waals surface area contributed by atoms with Gasteiger partial charge in [-0.05, 0) is 28.2 Å². The predicted molar refractivity (Wildman–Crippen MR) is 65.2 cm³/mol. The third-order valence-electron chi connectivity index (χ3n) is 1.34. The van der Waals surface area contributed by atoms with Gasteiger partial charge in [0.1, 0.15) is 5.75 Å². The van der Waals surface area contributed by atoms with Crippen LogP contribution in [0, 0.1) is 9.85 Å². The molecule has 0 N–H and O–H groups in total. The molecule has 0 aromatic heterocycles. The predicted octanol–water partition coefficient (Wildman–Crippen LogP) is 3.25. The zero-order chi connectivity index (χ0) is 11.1. The first-order valence-electron chi connectivity index (χ1n) is 3.91. The van der Waals surface area contributed by atoms with E-state index in [-0.39, 0.29) is 6.61 Å². The van der Waals surface area contributed by atoms with Crippen molar-refractivity contribution in [1.29, 1.82) is 0 Å². The Labute approximate surface area is 106 Å². The van der Waals surface area contributed by atoms with Gasteiger partial charge in [0.25, 0.3) is 0 Å². The molecular formula is C10H6ClIO3. The van der Waals surface area contributed by atoms with Gasteiger partial charge in [-0.2, -0.15) is 0 Å². The van der Waals surface area contributed by atoms with Gasteiger partial charge in [-0.25, -0.2) is 4.79 Å². The fourth-order valence-corrected chi connectivity index (χ4v) is 1.03. The van der Waals surface area contributed by atoms with Crippen molar-refractivity contribution in [1.82, 2.24) is 0 Å². The van der Waals surface area contributed by atoms with E-state index in [0.717, 1.165) is 0 Å². The highest BCUT2D eigenvalue weighted by Crippen LogP contribution is 2.15. The minimum atomic E-state index is -0.781. The van der Waals surface area contributed by atoms with Gasteiger partial charge in [0.2, 0.25) is 0 Å². The molecule has 3 nitrogen and oxygen atoms in total. The van der Waals surface area contributed by atoms with Crippen LogP contribution in [0.25, 0.3) is 0 Å². The summed E-state index contributed by atoms with van der Waals surface area (Å²) in [5.74, 6) is 2.95. The average Bonchev–Trinajstić information content (AvgIpc) is 2.22. The maximum absolute atomic E-state index is 11.0. The van der Waals surface area contributed by atoms with Crippen LogP contribution >= 0.6 is 34.2 Å². The first-order chi connectivity index (χ1) is 7.22. The number of carbonyl (C=O) groups excluding carboxylic acids is 1. The van der Waals surface area contributed by atoms with Gasteiger partial charge in [-0.15, -0.1) is 0 Å². The van der Waals surface area contributed by atoms with Crippen molar-refractivity contribution >= 4 is 40.3 Å². The van der Waals surface area contributed by atoms with Crippen LogP contribution in [0.4, 0.5) is 4.79 Å². The summed E-state index contributed by atoms with van der Waals surface area (Å²) in [6.07, 6.45) is -0.781. The Hall–Kier alpha value is -0.930. The lowest BCUT2D eigenvalue weighted by molar-refractivity contribution is 0.111. The summed E-state index contributed by atoms with van der Waals surface area (Å²) < 4.78 is 12.0. The minimum absolute atomic E-state index is 0.0232. The van der Waals surface area contributed by atoms with Gasteiger partial charge >= 0.3 is 6.16 Å². The Balaban J connectivity index is 2.43. The third kappa shape index (κ3) is 4.91. The van der Waals surface area contributed by atoms with Gasteiger partial charge in [-0.1, -0.05) is 17.5 Å². The molecule has 1 aromatic carbocycles. The maximum atomic E-state index is 11.0. The minimum Gasteiger partial charge on any atom is -0.421 e. The molecule has 0 saturated carbocycles. The molecule has 0 unspecified atom stereocenters. The molecule has 0 fully saturated rings. The van der Waals surface area contributed by atoms with Gasteiger partial charge in [0.05, 0.1) is 0 Å². The molecule has 78 valence electrons. The van der Waals surface area contributed by atoms with Crippen molar-refractivity contribution in [2.45, 2.75) is 0 Å². The van der Waals surface area contributed by atoms with Crippen LogP contribution in [0.3, 0.4) is 0 Å². The zero-order valence-electron chi connectivity index (χ0n) is 7.50. The fraction of sp³-hybridized carbons (Fsp3) is 0.100. The van der Waals surface area contributed by atoms with E-state index in [2.05, 4.69) is 14.6 Å². The van der Waals surface area contributed by atoms with E-state index >= 15 is 0 Å². The topological polar surface area (TPSA) is 35.5 Å². The molecule has 15 heavy (non-hydrogen) atoms. The van der Waals surface area contributed by atoms with Crippen LogP contribution in [-0.4, -0.2) is 12.8 Å². The van der Waals surface area contributed by atoms with E-state index in [1.807, 2.05) is 22.6 Å². The summed E-state index contributed by atoms with van der Waals surface area (Å²) >= 11 is 7.51. The number of halogens is 2. The molecular weight excluding hydrogens is 330 g/mol. The second-order valence-electron chi connectivity index (χ2n) is 2.37. The summed E-state index contributed by atoms with van der Waals surface area (Å²) in [7, 11) is 0. The summed E-state index contributed by atoms with van der Waals surface area (Å²) in [6.45, 7) is 0.0232. The van der Waals surface area contributed by atoms with Crippen molar-refractivity contribution in [3.8, 4) is 15.6 Å². The third-order valence-corrected chi connectivity index (χ3v) is 1.98. The number of benzene rings is 1. The first-order valence-corrected chi connectivity index (χ1v) is 5.36. The van der Waals surface area contributed by atoms with Crippen LogP contribution in [0.15, 0.2) is 24.3 Å². The Kier molecular flexibility index (Phi) is 5.29. The van der Waals surface area contributed by atoms with Crippen LogP contribution in [-0.2, 0) is 4.74 Å². The molecule has 1 aromatic rings. The highest BCUT2D eigenvalue weighted by Gasteiger charge is 2.04. The second-order valence-corrected chi connectivity index (χ2v) is 3.34. The molecule has 0 atom stereocenters. The highest BCUT2D eigenvalue weighted by atomic mass is 127. The fourth-order valence-electron chi connectivity index (χ4n) is 0.751. The Bertz CT molecular complexity index is 391. The molecule has 5 heteroatoms. The molecule has 0 saturated heterocycles. The van der Waals surface area contributed by atoms with E-state index in [9.17, 15) is 4.79 Å². The largest absolute Gasteiger partial charge is 0.514 e. The average molecular weight is 337 g/mol. The smallest absolute Gasteiger partial charge is 0.421 e. The monoisotopic (exact) mass is 336 g/mol. The summed E-state index contributed by atoms with van der Waals surface area (Å²) in [4.78, 5) is 11.0. The van der Waals surface area contributed by atoms with E-state index in [0.29, 0.717) is 10.8 Å². The van der Waals surface area contributed by atoms with Crippen molar-refractivity contribution in [3.05, 3.63) is 29.3 Å². The van der Waals surface area contributed by atoms with Gasteiger partial charge in [0.15, 0.2) is 6.61 Å². The van der Waals surface area contributed by atoms with Crippen LogP contribution in [0.1, 0.15) is 0 Å². The molecule has 0 bridgehead atoms. The lowest BCUT2D eigenvalue weighted by atomic mass is 10.3. The molecule has 0 aliphatic rings. The Morgan fingerprint density at radius 3 is 2.67 bits per heavy atom. The molecule has 0 radical (unpaired) electrons. The molecule has 1 rings (SSSR count). The summed E-state index contributed by atoms with van der Waals surface area (Å²) in [6, 6.07) is 6.39. The van der Waals surface area contributed by atoms with E-state index < -0.39 is 6.16 Å². The standard InChI is InChI=1S/C10H6ClIO3/c11-8-2-4-9(5-3-8)15-10(13)14-7-1-6-12/h2-5H,7H2. The number of ether oxygens (including phenoxy) is 2. The summed E-state index contributed by atoms with van der Waals surface area (Å²) in [5.41, 5.74) is 0. The second kappa shape index (κ2) is 6.53. The Morgan fingerprint density at radius 1 is 1.40 bits per heavy atom. The zero-order valence-corrected chi connectivity index (χ0v) is 10.4. The van der Waals surface area contributed by atoms with Crippen LogP contribution in [0.5, 0.6) is 5.75 Å². The lowest BCUT2D eigenvalue weighted by Crippen LogP contribution is -2.10. The van der Waals surface area contributed by atoms with Crippen LogP contribution in [0.2, 0.25) is 5.02 Å².